The molecule has 276 valence electrons. The molecule has 1 aliphatic rings. The maximum absolute atomic E-state index is 13.1. The lowest BCUT2D eigenvalue weighted by atomic mass is 9.93. The summed E-state index contributed by atoms with van der Waals surface area (Å²) in [6.45, 7) is 17.4. The first-order chi connectivity index (χ1) is 22.6. The second kappa shape index (κ2) is 19.2. The van der Waals surface area contributed by atoms with Gasteiger partial charge in [0.05, 0.1) is 35.4 Å². The van der Waals surface area contributed by atoms with Crippen molar-refractivity contribution in [3.8, 4) is 0 Å². The summed E-state index contributed by atoms with van der Waals surface area (Å²) < 4.78 is 21.6. The minimum atomic E-state index is -0.740. The van der Waals surface area contributed by atoms with Crippen LogP contribution in [0.3, 0.4) is 0 Å². The molecule has 0 fully saturated rings. The molecule has 1 atom stereocenters. The van der Waals surface area contributed by atoms with Crippen LogP contribution in [0.1, 0.15) is 86.8 Å². The fourth-order valence-electron chi connectivity index (χ4n) is 4.45. The summed E-state index contributed by atoms with van der Waals surface area (Å²) in [7, 11) is 4.82. The van der Waals surface area contributed by atoms with E-state index in [2.05, 4.69) is 4.99 Å². The Morgan fingerprint density at radius 3 is 1.98 bits per heavy atom. The van der Waals surface area contributed by atoms with Crippen LogP contribution in [-0.2, 0) is 23.7 Å². The zero-order chi connectivity index (χ0) is 37.7. The molecule has 0 aromatic heterocycles. The molecule has 49 heavy (non-hydrogen) atoms. The summed E-state index contributed by atoms with van der Waals surface area (Å²) >= 11 is 5.50. The van der Waals surface area contributed by atoms with Gasteiger partial charge in [-0.25, -0.2) is 19.4 Å². The lowest BCUT2D eigenvalue weighted by Crippen LogP contribution is -2.43. The van der Waals surface area contributed by atoms with Crippen molar-refractivity contribution in [2.24, 2.45) is 4.99 Å². The number of hydrogen-bond acceptors (Lipinski definition) is 11. The number of alkyl halides is 1. The van der Waals surface area contributed by atoms with Crippen LogP contribution < -0.4 is 0 Å². The predicted octanol–water partition coefficient (Wildman–Crippen LogP) is 6.92. The third-order valence-electron chi connectivity index (χ3n) is 6.56. The highest BCUT2D eigenvalue weighted by molar-refractivity contribution is 6.17. The first-order valence-corrected chi connectivity index (χ1v) is 16.6. The lowest BCUT2D eigenvalue weighted by Gasteiger charge is -2.37. The zero-order valence-corrected chi connectivity index (χ0v) is 31.8. The number of methoxy groups -OCH3 is 1. The molecule has 0 radical (unpaired) electrons. The third-order valence-corrected chi connectivity index (χ3v) is 6.82. The van der Waals surface area contributed by atoms with Gasteiger partial charge >= 0.3 is 18.2 Å². The molecular weight excluding hydrogens is 658 g/mol. The number of hydrogen-bond donors (Lipinski definition) is 0. The molecular formula is C34H54ClN5O9. The van der Waals surface area contributed by atoms with Crippen molar-refractivity contribution in [3.63, 3.8) is 0 Å². The monoisotopic (exact) mass is 711 g/mol. The largest absolute Gasteiger partial charge is 0.468 e. The maximum atomic E-state index is 13.1. The van der Waals surface area contributed by atoms with Crippen molar-refractivity contribution in [1.29, 1.82) is 0 Å². The molecule has 0 saturated heterocycles. The first kappa shape index (κ1) is 43.0. The Balaban J connectivity index is 0.000000779. The number of nitro groups is 1. The van der Waals surface area contributed by atoms with Gasteiger partial charge in [0.15, 0.2) is 0 Å². The Morgan fingerprint density at radius 2 is 1.53 bits per heavy atom. The van der Waals surface area contributed by atoms with Gasteiger partial charge in [-0.3, -0.25) is 10.1 Å². The van der Waals surface area contributed by atoms with E-state index < -0.39 is 34.2 Å². The highest BCUT2D eigenvalue weighted by Gasteiger charge is 2.38. The second-order valence-corrected chi connectivity index (χ2v) is 14.1. The molecule has 1 unspecified atom stereocenters. The Hall–Kier alpha value is -4.07. The van der Waals surface area contributed by atoms with Crippen LogP contribution in [0.5, 0.6) is 0 Å². The molecule has 14 nitrogen and oxygen atoms in total. The second-order valence-electron chi connectivity index (χ2n) is 13.7. The van der Waals surface area contributed by atoms with Gasteiger partial charge in [0.25, 0.3) is 11.7 Å². The van der Waals surface area contributed by atoms with Crippen LogP contribution in [0, 0.1) is 10.1 Å². The van der Waals surface area contributed by atoms with E-state index in [4.69, 9.17) is 30.5 Å². The van der Waals surface area contributed by atoms with Gasteiger partial charge in [-0.05, 0) is 80.7 Å². The van der Waals surface area contributed by atoms with Gasteiger partial charge in [0, 0.05) is 51.7 Å². The molecule has 15 heteroatoms. The number of carbonyl (C=O) groups is 3. The van der Waals surface area contributed by atoms with E-state index in [1.165, 1.54) is 29.0 Å². The van der Waals surface area contributed by atoms with Crippen LogP contribution in [0.2, 0.25) is 0 Å². The summed E-state index contributed by atoms with van der Waals surface area (Å²) in [5.41, 5.74) is 0.0419. The average Bonchev–Trinajstić information content (AvgIpc) is 2.98. The van der Waals surface area contributed by atoms with E-state index in [9.17, 15) is 24.5 Å². The van der Waals surface area contributed by atoms with Gasteiger partial charge in [0.2, 0.25) is 0 Å². The van der Waals surface area contributed by atoms with Crippen molar-refractivity contribution in [3.05, 3.63) is 51.2 Å². The molecule has 0 bridgehead atoms. The topological polar surface area (TPSA) is 153 Å². The number of esters is 1. The number of benzene rings is 1. The number of allylic oxidation sites excluding steroid dienone is 1. The van der Waals surface area contributed by atoms with E-state index in [0.29, 0.717) is 43.2 Å². The normalized spacial score (nSPS) is 14.7. The van der Waals surface area contributed by atoms with Crippen LogP contribution in [0.15, 0.2) is 40.5 Å². The van der Waals surface area contributed by atoms with Gasteiger partial charge < -0.3 is 33.6 Å². The van der Waals surface area contributed by atoms with Crippen molar-refractivity contribution >= 4 is 41.5 Å². The van der Waals surface area contributed by atoms with Crippen LogP contribution in [0.4, 0.5) is 15.3 Å². The van der Waals surface area contributed by atoms with Gasteiger partial charge in [-0.15, -0.1) is 11.6 Å². The standard InChI is InChI=1S/C25H36N4O7.C9H18ClNO2/c1-16(2)35-22(30)20-17(3)26-23(34-8)28(14-10-13-27(7)24(31)36-25(4,5)6)21(20)18-11-9-12-19(15-18)29(32)33;1-9(2,3)13-8(12)11(4)7-5-6-10/h9,11-12,15-16,21H,10,13-14H2,1-8H3;5-7H2,1-4H3. The predicted molar refractivity (Wildman–Crippen MR) is 189 cm³/mol. The smallest absolute Gasteiger partial charge is 0.410 e. The SMILES string of the molecule is CN(CCCCl)C(=O)OC(C)(C)C.COC1=NC(C)=C(C(=O)OC(C)C)C(c2cccc([N+](=O)[O-])c2)N1CCCN(C)C(=O)OC(C)(C)C. The van der Waals surface area contributed by atoms with Crippen molar-refractivity contribution in [2.75, 3.05) is 46.7 Å². The number of carbonyl (C=O) groups excluding carboxylic acids is 3. The highest BCUT2D eigenvalue weighted by Crippen LogP contribution is 2.37. The summed E-state index contributed by atoms with van der Waals surface area (Å²) in [5.74, 6) is 0.00132. The van der Waals surface area contributed by atoms with Gasteiger partial charge in [-0.2, -0.15) is 0 Å². The quantitative estimate of drug-likeness (QED) is 0.0777. The summed E-state index contributed by atoms with van der Waals surface area (Å²) in [6.07, 6.45) is 0.158. The Labute approximate surface area is 295 Å². The van der Waals surface area contributed by atoms with Crippen molar-refractivity contribution < 1.29 is 38.3 Å². The maximum Gasteiger partial charge on any atom is 0.410 e. The number of amides is 2. The van der Waals surface area contributed by atoms with E-state index in [0.717, 1.165) is 6.42 Å². The van der Waals surface area contributed by atoms with Crippen molar-refractivity contribution in [2.45, 2.75) is 98.5 Å². The number of non-ortho nitro benzene ring substituents is 1. The summed E-state index contributed by atoms with van der Waals surface area (Å²) in [4.78, 5) is 57.0. The summed E-state index contributed by atoms with van der Waals surface area (Å²) in [5, 5.41) is 11.5. The molecule has 2 amide bonds. The molecule has 2 rings (SSSR count). The van der Waals surface area contributed by atoms with Crippen LogP contribution in [0.25, 0.3) is 0 Å². The lowest BCUT2D eigenvalue weighted by molar-refractivity contribution is -0.384. The fraction of sp³-hybridized carbons (Fsp3) is 0.647. The van der Waals surface area contributed by atoms with E-state index in [-0.39, 0.29) is 29.5 Å². The molecule has 1 heterocycles. The Bertz CT molecular complexity index is 1350. The van der Waals surface area contributed by atoms with Crippen LogP contribution in [-0.4, -0.2) is 108 Å². The Kier molecular flexibility index (Phi) is 16.8. The van der Waals surface area contributed by atoms with Crippen LogP contribution >= 0.6 is 11.6 Å². The molecule has 0 spiro atoms. The van der Waals surface area contributed by atoms with Crippen molar-refractivity contribution in [1.82, 2.24) is 14.7 Å². The molecule has 0 N–H and O–H groups in total. The molecule has 0 saturated carbocycles. The number of ether oxygens (including phenoxy) is 4. The molecule has 1 aromatic carbocycles. The summed E-state index contributed by atoms with van der Waals surface area (Å²) in [6, 6.07) is 5.62. The van der Waals surface area contributed by atoms with Gasteiger partial charge in [-0.1, -0.05) is 12.1 Å². The molecule has 0 aliphatic carbocycles. The number of halogens is 1. The zero-order valence-electron chi connectivity index (χ0n) is 31.0. The van der Waals surface area contributed by atoms with E-state index in [1.54, 1.807) is 72.7 Å². The Morgan fingerprint density at radius 1 is 1.00 bits per heavy atom. The first-order valence-electron chi connectivity index (χ1n) is 16.1. The van der Waals surface area contributed by atoms with E-state index in [1.807, 2.05) is 20.8 Å². The number of nitrogens with zero attached hydrogens (tertiary/aromatic N) is 5. The minimum absolute atomic E-state index is 0.104. The average molecular weight is 712 g/mol. The number of rotatable bonds is 11. The number of amidine groups is 1. The highest BCUT2D eigenvalue weighted by atomic mass is 35.5. The molecule has 1 aliphatic heterocycles. The minimum Gasteiger partial charge on any atom is -0.468 e. The number of nitro benzene ring substituents is 1. The number of aliphatic imine (C=N–C) groups is 1. The van der Waals surface area contributed by atoms with E-state index >= 15 is 0 Å². The third kappa shape index (κ3) is 14.9. The fourth-order valence-corrected chi connectivity index (χ4v) is 4.57. The molecule has 1 aromatic rings. The van der Waals surface area contributed by atoms with Gasteiger partial charge in [0.1, 0.15) is 11.2 Å².